The Balaban J connectivity index is 1.81. The molecular formula is C16H14FN3O3S. The lowest BCUT2D eigenvalue weighted by atomic mass is 10.1. The molecular weight excluding hydrogens is 333 g/mol. The number of para-hydroxylation sites is 1. The quantitative estimate of drug-likeness (QED) is 0.694. The molecule has 24 heavy (non-hydrogen) atoms. The first-order valence-electron chi connectivity index (χ1n) is 6.96. The topological polar surface area (TPSA) is 72.5 Å². The van der Waals surface area contributed by atoms with Crippen LogP contribution in [0, 0.1) is 5.82 Å². The number of nitrogens with one attached hydrogen (secondary N) is 2. The third kappa shape index (κ3) is 2.95. The van der Waals surface area contributed by atoms with E-state index in [2.05, 4.69) is 15.8 Å². The van der Waals surface area contributed by atoms with E-state index in [-0.39, 0.29) is 11.1 Å². The van der Waals surface area contributed by atoms with Crippen LogP contribution in [0.4, 0.5) is 9.52 Å². The van der Waals surface area contributed by atoms with Crippen molar-refractivity contribution in [2.24, 2.45) is 0 Å². The van der Waals surface area contributed by atoms with Gasteiger partial charge < -0.3 is 9.47 Å². The Labute approximate surface area is 141 Å². The summed E-state index contributed by atoms with van der Waals surface area (Å²) in [4.78, 5) is 16.5. The summed E-state index contributed by atoms with van der Waals surface area (Å²) < 4.78 is 24.7. The van der Waals surface area contributed by atoms with Gasteiger partial charge in [-0.2, -0.15) is 0 Å². The minimum absolute atomic E-state index is 0.252. The third-order valence-corrected chi connectivity index (χ3v) is 4.24. The molecule has 1 amide bonds. The first kappa shape index (κ1) is 16.0. The van der Waals surface area contributed by atoms with Crippen LogP contribution < -0.4 is 20.3 Å². The summed E-state index contributed by atoms with van der Waals surface area (Å²) in [7, 11) is 2.94. The van der Waals surface area contributed by atoms with Crippen LogP contribution in [-0.2, 0) is 0 Å². The maximum Gasteiger partial charge on any atom is 0.277 e. The molecule has 2 aromatic carbocycles. The molecule has 0 aliphatic heterocycles. The summed E-state index contributed by atoms with van der Waals surface area (Å²) >= 11 is 1.23. The highest BCUT2D eigenvalue weighted by Gasteiger charge is 2.18. The van der Waals surface area contributed by atoms with Gasteiger partial charge in [0, 0.05) is 0 Å². The number of rotatable bonds is 5. The van der Waals surface area contributed by atoms with Gasteiger partial charge in [-0.25, -0.2) is 9.37 Å². The molecule has 3 rings (SSSR count). The molecule has 0 fully saturated rings. The van der Waals surface area contributed by atoms with Crippen LogP contribution in [0.25, 0.3) is 10.2 Å². The van der Waals surface area contributed by atoms with Crippen LogP contribution in [0.3, 0.4) is 0 Å². The molecule has 0 saturated carbocycles. The van der Waals surface area contributed by atoms with Crippen LogP contribution in [-0.4, -0.2) is 25.1 Å². The van der Waals surface area contributed by atoms with E-state index in [0.29, 0.717) is 21.3 Å². The molecule has 0 saturated heterocycles. The lowest BCUT2D eigenvalue weighted by Gasteiger charge is -2.12. The summed E-state index contributed by atoms with van der Waals surface area (Å²) in [6.45, 7) is 0. The normalized spacial score (nSPS) is 10.5. The van der Waals surface area contributed by atoms with E-state index >= 15 is 0 Å². The predicted octanol–water partition coefficient (Wildman–Crippen LogP) is 3.21. The van der Waals surface area contributed by atoms with Crippen molar-refractivity contribution in [3.05, 3.63) is 47.8 Å². The molecule has 0 bridgehead atoms. The molecule has 0 atom stereocenters. The second-order valence-electron chi connectivity index (χ2n) is 4.72. The van der Waals surface area contributed by atoms with Gasteiger partial charge in [0.1, 0.15) is 28.4 Å². The van der Waals surface area contributed by atoms with Crippen LogP contribution in [0.15, 0.2) is 36.4 Å². The van der Waals surface area contributed by atoms with E-state index in [0.717, 1.165) is 0 Å². The van der Waals surface area contributed by atoms with Gasteiger partial charge in [-0.15, -0.1) is 0 Å². The van der Waals surface area contributed by atoms with Gasteiger partial charge in [-0.1, -0.05) is 23.5 Å². The van der Waals surface area contributed by atoms with Gasteiger partial charge in [-0.05, 0) is 24.3 Å². The molecule has 0 aliphatic carbocycles. The van der Waals surface area contributed by atoms with Gasteiger partial charge in [0.05, 0.1) is 18.9 Å². The van der Waals surface area contributed by atoms with E-state index in [4.69, 9.17) is 9.47 Å². The maximum absolute atomic E-state index is 13.7. The van der Waals surface area contributed by atoms with Gasteiger partial charge in [0.25, 0.3) is 5.91 Å². The second-order valence-corrected chi connectivity index (χ2v) is 5.75. The van der Waals surface area contributed by atoms with Crippen molar-refractivity contribution in [3.8, 4) is 11.5 Å². The van der Waals surface area contributed by atoms with Crippen molar-refractivity contribution in [3.63, 3.8) is 0 Å². The SMILES string of the molecule is COc1cccc(OC)c1C(=O)NNc1nc2c(F)cccc2s1. The Hall–Kier alpha value is -2.87. The van der Waals surface area contributed by atoms with Crippen LogP contribution >= 0.6 is 11.3 Å². The number of hydrogen-bond acceptors (Lipinski definition) is 6. The standard InChI is InChI=1S/C16H14FN3O3S/c1-22-10-6-4-7-11(23-2)13(10)15(21)19-20-16-18-14-9(17)5-3-8-12(14)24-16/h3-8H,1-2H3,(H,18,20)(H,19,21). The molecule has 1 heterocycles. The van der Waals surface area contributed by atoms with E-state index < -0.39 is 11.7 Å². The van der Waals surface area contributed by atoms with Crippen molar-refractivity contribution in [2.45, 2.75) is 0 Å². The highest BCUT2D eigenvalue weighted by atomic mass is 32.1. The number of hydrogen-bond donors (Lipinski definition) is 2. The highest BCUT2D eigenvalue weighted by Crippen LogP contribution is 2.29. The highest BCUT2D eigenvalue weighted by molar-refractivity contribution is 7.22. The number of thiazole rings is 1. The number of carbonyl (C=O) groups excluding carboxylic acids is 1. The fourth-order valence-electron chi connectivity index (χ4n) is 2.22. The largest absolute Gasteiger partial charge is 0.496 e. The van der Waals surface area contributed by atoms with Crippen molar-refractivity contribution >= 4 is 32.6 Å². The number of fused-ring (bicyclic) bond motifs is 1. The minimum atomic E-state index is -0.455. The number of hydrazine groups is 1. The molecule has 0 radical (unpaired) electrons. The molecule has 0 spiro atoms. The molecule has 6 nitrogen and oxygen atoms in total. The number of anilines is 1. The summed E-state index contributed by atoms with van der Waals surface area (Å²) in [6, 6.07) is 9.74. The molecule has 0 aliphatic rings. The second kappa shape index (κ2) is 6.71. The number of halogens is 1. The third-order valence-electron chi connectivity index (χ3n) is 3.31. The summed E-state index contributed by atoms with van der Waals surface area (Å²) in [5, 5.41) is 0.373. The Bertz CT molecular complexity index is 875. The van der Waals surface area contributed by atoms with Crippen LogP contribution in [0.5, 0.6) is 11.5 Å². The molecule has 0 unspecified atom stereocenters. The first-order valence-corrected chi connectivity index (χ1v) is 7.78. The predicted molar refractivity (Wildman–Crippen MR) is 90.2 cm³/mol. The Kier molecular flexibility index (Phi) is 4.48. The zero-order valence-corrected chi connectivity index (χ0v) is 13.7. The smallest absolute Gasteiger partial charge is 0.277 e. The van der Waals surface area contributed by atoms with Crippen molar-refractivity contribution in [2.75, 3.05) is 19.6 Å². The average Bonchev–Trinajstić information content (AvgIpc) is 3.03. The van der Waals surface area contributed by atoms with E-state index in [1.807, 2.05) is 0 Å². The lowest BCUT2D eigenvalue weighted by Crippen LogP contribution is -2.30. The minimum Gasteiger partial charge on any atom is -0.496 e. The Morgan fingerprint density at radius 2 is 1.79 bits per heavy atom. The van der Waals surface area contributed by atoms with E-state index in [1.165, 1.54) is 31.6 Å². The first-order chi connectivity index (χ1) is 11.6. The zero-order valence-electron chi connectivity index (χ0n) is 12.9. The molecule has 8 heteroatoms. The van der Waals surface area contributed by atoms with E-state index in [9.17, 15) is 9.18 Å². The molecule has 1 aromatic heterocycles. The van der Waals surface area contributed by atoms with Crippen LogP contribution in [0.2, 0.25) is 0 Å². The van der Waals surface area contributed by atoms with Crippen LogP contribution in [0.1, 0.15) is 10.4 Å². The Morgan fingerprint density at radius 1 is 1.12 bits per heavy atom. The number of carbonyl (C=O) groups is 1. The number of nitrogens with zero attached hydrogens (tertiary/aromatic N) is 1. The number of ether oxygens (including phenoxy) is 2. The number of amides is 1. The summed E-state index contributed by atoms with van der Waals surface area (Å²) in [5.41, 5.74) is 5.72. The summed E-state index contributed by atoms with van der Waals surface area (Å²) in [5.74, 6) is -0.105. The fourth-order valence-corrected chi connectivity index (χ4v) is 3.05. The summed E-state index contributed by atoms with van der Waals surface area (Å²) in [6.07, 6.45) is 0. The molecule has 3 aromatic rings. The van der Waals surface area contributed by atoms with Gasteiger partial charge in [0.2, 0.25) is 5.13 Å². The lowest BCUT2D eigenvalue weighted by molar-refractivity contribution is 0.0956. The fraction of sp³-hybridized carbons (Fsp3) is 0.125. The van der Waals surface area contributed by atoms with Gasteiger partial charge in [-0.3, -0.25) is 15.6 Å². The van der Waals surface area contributed by atoms with Gasteiger partial charge >= 0.3 is 0 Å². The number of benzene rings is 2. The van der Waals surface area contributed by atoms with Crippen molar-refractivity contribution < 1.29 is 18.7 Å². The van der Waals surface area contributed by atoms with Crippen molar-refractivity contribution in [1.29, 1.82) is 0 Å². The maximum atomic E-state index is 13.7. The number of methoxy groups -OCH3 is 2. The van der Waals surface area contributed by atoms with Gasteiger partial charge in [0.15, 0.2) is 0 Å². The Morgan fingerprint density at radius 3 is 2.42 bits per heavy atom. The van der Waals surface area contributed by atoms with E-state index in [1.54, 1.807) is 30.3 Å². The van der Waals surface area contributed by atoms with Crippen molar-refractivity contribution in [1.82, 2.24) is 10.4 Å². The zero-order chi connectivity index (χ0) is 17.1. The molecule has 124 valence electrons. The number of aromatic nitrogens is 1. The monoisotopic (exact) mass is 347 g/mol. The molecule has 2 N–H and O–H groups in total. The average molecular weight is 347 g/mol.